The number of benzene rings is 1. The van der Waals surface area contributed by atoms with Gasteiger partial charge in [0.15, 0.2) is 9.84 Å². The molecule has 1 unspecified atom stereocenters. The van der Waals surface area contributed by atoms with E-state index in [2.05, 4.69) is 5.32 Å². The molecule has 1 fully saturated rings. The van der Waals surface area contributed by atoms with Crippen molar-refractivity contribution in [3.05, 3.63) is 30.3 Å². The first-order valence-corrected chi connectivity index (χ1v) is 10.2. The summed E-state index contributed by atoms with van der Waals surface area (Å²) in [5.41, 5.74) is 0.640. The standard InChI is InChI=1S/C17H23N3O5S/c1-3-19(14-8-5-4-6-9-14)16(22)13(2)26(24,25)11-7-10-20-15(21)12-18-17(20)23/h4-6,8-9,13H,3,7,10-12H2,1-2H3,(H,18,23). The highest BCUT2D eigenvalue weighted by atomic mass is 32.2. The van der Waals surface area contributed by atoms with Crippen molar-refractivity contribution in [2.75, 3.05) is 30.3 Å². The Bertz CT molecular complexity index is 763. The number of nitrogens with zero attached hydrogens (tertiary/aromatic N) is 2. The smallest absolute Gasteiger partial charge is 0.324 e. The van der Waals surface area contributed by atoms with Crippen molar-refractivity contribution >= 4 is 33.4 Å². The van der Waals surface area contributed by atoms with Crippen LogP contribution in [0.3, 0.4) is 0 Å². The normalized spacial score (nSPS) is 15.7. The molecule has 0 spiro atoms. The third kappa shape index (κ3) is 4.40. The molecule has 1 aliphatic heterocycles. The summed E-state index contributed by atoms with van der Waals surface area (Å²) in [5, 5.41) is 1.17. The maximum atomic E-state index is 12.7. The SMILES string of the molecule is CCN(C(=O)C(C)S(=O)(=O)CCCN1C(=O)CNC1=O)c1ccccc1. The predicted octanol–water partition coefficient (Wildman–Crippen LogP) is 0.785. The third-order valence-electron chi connectivity index (χ3n) is 4.28. The topological polar surface area (TPSA) is 104 Å². The van der Waals surface area contributed by atoms with Gasteiger partial charge in [-0.15, -0.1) is 0 Å². The zero-order valence-corrected chi connectivity index (χ0v) is 15.7. The molecule has 1 heterocycles. The van der Waals surface area contributed by atoms with Gasteiger partial charge in [0.25, 0.3) is 0 Å². The number of hydrogen-bond donors (Lipinski definition) is 1. The average Bonchev–Trinajstić information content (AvgIpc) is 2.94. The highest BCUT2D eigenvalue weighted by Crippen LogP contribution is 2.17. The summed E-state index contributed by atoms with van der Waals surface area (Å²) in [5.74, 6) is -1.14. The molecule has 1 saturated heterocycles. The lowest BCUT2D eigenvalue weighted by Gasteiger charge is -2.24. The molecule has 1 atom stereocenters. The number of carbonyl (C=O) groups excluding carboxylic acids is 3. The Labute approximate surface area is 153 Å². The number of sulfone groups is 1. The van der Waals surface area contributed by atoms with Gasteiger partial charge in [0.2, 0.25) is 11.8 Å². The van der Waals surface area contributed by atoms with Gasteiger partial charge in [-0.05, 0) is 32.4 Å². The second-order valence-corrected chi connectivity index (χ2v) is 8.43. The summed E-state index contributed by atoms with van der Waals surface area (Å²) in [6.07, 6.45) is 0.0938. The second-order valence-electron chi connectivity index (χ2n) is 5.98. The van der Waals surface area contributed by atoms with E-state index in [1.807, 2.05) is 6.07 Å². The fourth-order valence-corrected chi connectivity index (χ4v) is 4.05. The van der Waals surface area contributed by atoms with Crippen molar-refractivity contribution in [2.24, 2.45) is 0 Å². The molecule has 1 N–H and O–H groups in total. The van der Waals surface area contributed by atoms with E-state index in [1.165, 1.54) is 11.8 Å². The molecule has 8 nitrogen and oxygen atoms in total. The van der Waals surface area contributed by atoms with E-state index in [1.54, 1.807) is 31.2 Å². The Morgan fingerprint density at radius 1 is 1.27 bits per heavy atom. The molecule has 0 saturated carbocycles. The first-order valence-electron chi connectivity index (χ1n) is 8.44. The first-order chi connectivity index (χ1) is 12.3. The van der Waals surface area contributed by atoms with Crippen LogP contribution in [0.2, 0.25) is 0 Å². The Hall–Kier alpha value is -2.42. The van der Waals surface area contributed by atoms with Crippen molar-refractivity contribution < 1.29 is 22.8 Å². The quantitative estimate of drug-likeness (QED) is 0.671. The fraction of sp³-hybridized carbons (Fsp3) is 0.471. The fourth-order valence-electron chi connectivity index (χ4n) is 2.73. The third-order valence-corrected chi connectivity index (χ3v) is 6.42. The van der Waals surface area contributed by atoms with Crippen LogP contribution in [0.4, 0.5) is 10.5 Å². The Balaban J connectivity index is 1.99. The van der Waals surface area contributed by atoms with Gasteiger partial charge >= 0.3 is 6.03 Å². The summed E-state index contributed by atoms with van der Waals surface area (Å²) in [4.78, 5) is 38.0. The molecule has 9 heteroatoms. The molecule has 2 rings (SSSR count). The maximum Gasteiger partial charge on any atom is 0.324 e. The van der Waals surface area contributed by atoms with E-state index < -0.39 is 27.0 Å². The molecule has 0 bridgehead atoms. The van der Waals surface area contributed by atoms with E-state index in [0.717, 1.165) is 4.90 Å². The number of hydrogen-bond acceptors (Lipinski definition) is 5. The van der Waals surface area contributed by atoms with Crippen LogP contribution in [-0.4, -0.2) is 61.8 Å². The number of anilines is 1. The first kappa shape index (κ1) is 19.9. The largest absolute Gasteiger partial charge is 0.329 e. The Morgan fingerprint density at radius 2 is 1.92 bits per heavy atom. The maximum absolute atomic E-state index is 12.7. The van der Waals surface area contributed by atoms with E-state index in [4.69, 9.17) is 0 Å². The Kier molecular flexibility index (Phi) is 6.36. The van der Waals surface area contributed by atoms with Crippen molar-refractivity contribution in [2.45, 2.75) is 25.5 Å². The summed E-state index contributed by atoms with van der Waals surface area (Å²) in [6, 6.07) is 8.36. The monoisotopic (exact) mass is 381 g/mol. The van der Waals surface area contributed by atoms with Crippen LogP contribution >= 0.6 is 0 Å². The number of rotatable bonds is 8. The number of carbonyl (C=O) groups is 3. The lowest BCUT2D eigenvalue weighted by atomic mass is 10.2. The molecule has 26 heavy (non-hydrogen) atoms. The van der Waals surface area contributed by atoms with Crippen molar-refractivity contribution in [1.82, 2.24) is 10.2 Å². The van der Waals surface area contributed by atoms with Crippen LogP contribution in [0.5, 0.6) is 0 Å². The number of amides is 4. The highest BCUT2D eigenvalue weighted by Gasteiger charge is 2.33. The van der Waals surface area contributed by atoms with Crippen LogP contribution in [-0.2, 0) is 19.4 Å². The molecule has 0 aliphatic carbocycles. The van der Waals surface area contributed by atoms with Gasteiger partial charge in [-0.1, -0.05) is 18.2 Å². The van der Waals surface area contributed by atoms with Crippen molar-refractivity contribution in [1.29, 1.82) is 0 Å². The van der Waals surface area contributed by atoms with Crippen LogP contribution in [0, 0.1) is 0 Å². The minimum atomic E-state index is -3.71. The van der Waals surface area contributed by atoms with E-state index in [0.29, 0.717) is 12.2 Å². The minimum absolute atomic E-state index is 0.0149. The van der Waals surface area contributed by atoms with Crippen LogP contribution < -0.4 is 10.2 Å². The molecule has 1 aliphatic rings. The summed E-state index contributed by atoms with van der Waals surface area (Å²) in [6.45, 7) is 3.45. The molecule has 0 aromatic heterocycles. The molecule has 1 aromatic rings. The molecule has 0 radical (unpaired) electrons. The second kappa shape index (κ2) is 8.31. The van der Waals surface area contributed by atoms with Gasteiger partial charge in [-0.3, -0.25) is 14.5 Å². The van der Waals surface area contributed by atoms with E-state index in [9.17, 15) is 22.8 Å². The average molecular weight is 381 g/mol. The molecule has 1 aromatic carbocycles. The summed E-state index contributed by atoms with van der Waals surface area (Å²) >= 11 is 0. The lowest BCUT2D eigenvalue weighted by Crippen LogP contribution is -2.43. The molecule has 4 amide bonds. The van der Waals surface area contributed by atoms with Gasteiger partial charge in [0.05, 0.1) is 12.3 Å². The number of para-hydroxylation sites is 1. The molecule has 142 valence electrons. The van der Waals surface area contributed by atoms with Crippen molar-refractivity contribution in [3.63, 3.8) is 0 Å². The number of imide groups is 1. The van der Waals surface area contributed by atoms with E-state index >= 15 is 0 Å². The highest BCUT2D eigenvalue weighted by molar-refractivity contribution is 7.92. The number of nitrogens with one attached hydrogen (secondary N) is 1. The molecular formula is C17H23N3O5S. The van der Waals surface area contributed by atoms with Crippen LogP contribution in [0.15, 0.2) is 30.3 Å². The Morgan fingerprint density at radius 3 is 2.46 bits per heavy atom. The van der Waals surface area contributed by atoms with Gasteiger partial charge < -0.3 is 10.2 Å². The minimum Gasteiger partial charge on any atom is -0.329 e. The van der Waals surface area contributed by atoms with Crippen LogP contribution in [0.25, 0.3) is 0 Å². The summed E-state index contributed by atoms with van der Waals surface area (Å²) < 4.78 is 25.0. The summed E-state index contributed by atoms with van der Waals surface area (Å²) in [7, 11) is -3.71. The van der Waals surface area contributed by atoms with Gasteiger partial charge in [-0.2, -0.15) is 0 Å². The number of urea groups is 1. The zero-order chi connectivity index (χ0) is 19.3. The van der Waals surface area contributed by atoms with Gasteiger partial charge in [-0.25, -0.2) is 13.2 Å². The van der Waals surface area contributed by atoms with Gasteiger partial charge in [0.1, 0.15) is 5.25 Å². The van der Waals surface area contributed by atoms with Crippen LogP contribution in [0.1, 0.15) is 20.3 Å². The van der Waals surface area contributed by atoms with Gasteiger partial charge in [0, 0.05) is 18.8 Å². The molecular weight excluding hydrogens is 358 g/mol. The van der Waals surface area contributed by atoms with Crippen molar-refractivity contribution in [3.8, 4) is 0 Å². The zero-order valence-electron chi connectivity index (χ0n) is 14.8. The lowest BCUT2D eigenvalue weighted by molar-refractivity contribution is -0.125. The predicted molar refractivity (Wildman–Crippen MR) is 97.4 cm³/mol. The van der Waals surface area contributed by atoms with E-state index in [-0.39, 0.29) is 31.2 Å².